The first kappa shape index (κ1) is 24.3. The monoisotopic (exact) mass is 507 g/mol. The summed E-state index contributed by atoms with van der Waals surface area (Å²) >= 11 is 7.35. The normalized spacial score (nSPS) is 11.3. The predicted octanol–water partition coefficient (Wildman–Crippen LogP) is 3.72. The Morgan fingerprint density at radius 3 is 2.63 bits per heavy atom. The van der Waals surface area contributed by atoms with E-state index in [9.17, 15) is 9.90 Å². The number of thioether (sulfide) groups is 1. The zero-order valence-corrected chi connectivity index (χ0v) is 20.6. The van der Waals surface area contributed by atoms with E-state index < -0.39 is 0 Å². The Kier molecular flexibility index (Phi) is 7.69. The Hall–Kier alpha value is -3.82. The number of benzene rings is 3. The Morgan fingerprint density at radius 2 is 1.91 bits per heavy atom. The predicted molar refractivity (Wildman–Crippen MR) is 134 cm³/mol. The highest BCUT2D eigenvalue weighted by molar-refractivity contribution is 7.99. The molecule has 4 aromatic rings. The van der Waals surface area contributed by atoms with Gasteiger partial charge in [-0.05, 0) is 61.2 Å². The van der Waals surface area contributed by atoms with Gasteiger partial charge in [0.05, 0.1) is 29.2 Å². The number of rotatable bonds is 8. The van der Waals surface area contributed by atoms with Crippen LogP contribution in [0.4, 0.5) is 0 Å². The Balaban J connectivity index is 1.50. The third kappa shape index (κ3) is 5.82. The van der Waals surface area contributed by atoms with Crippen LogP contribution in [0, 0.1) is 0 Å². The molecule has 0 aliphatic carbocycles. The maximum absolute atomic E-state index is 12.5. The first-order chi connectivity index (χ1) is 17.0. The van der Waals surface area contributed by atoms with Crippen LogP contribution in [0.3, 0.4) is 0 Å². The summed E-state index contributed by atoms with van der Waals surface area (Å²) in [6.45, 7) is 1.74. The van der Waals surface area contributed by atoms with Crippen molar-refractivity contribution in [2.75, 3.05) is 12.9 Å². The molecule has 0 fully saturated rings. The largest absolute Gasteiger partial charge is 0.870 e. The SMILES string of the molecule is COc1cc(/C(C)=N\NC(=O)CSc2n[nH]c(-c3ccccc3)[n+]2-c2ccc(Cl)cc2)ccc1[O-]. The van der Waals surface area contributed by atoms with Gasteiger partial charge >= 0.3 is 5.16 Å². The molecule has 178 valence electrons. The van der Waals surface area contributed by atoms with Gasteiger partial charge in [0.15, 0.2) is 0 Å². The number of nitrogens with zero attached hydrogens (tertiary/aromatic N) is 3. The van der Waals surface area contributed by atoms with E-state index in [1.54, 1.807) is 31.2 Å². The van der Waals surface area contributed by atoms with Gasteiger partial charge in [0, 0.05) is 10.6 Å². The molecule has 0 bridgehead atoms. The summed E-state index contributed by atoms with van der Waals surface area (Å²) in [5.41, 5.74) is 5.58. The number of amides is 1. The Morgan fingerprint density at radius 1 is 1.17 bits per heavy atom. The van der Waals surface area contributed by atoms with Crippen LogP contribution < -0.4 is 19.8 Å². The fraction of sp³-hybridized carbons (Fsp3) is 0.120. The lowest BCUT2D eigenvalue weighted by atomic mass is 10.1. The lowest BCUT2D eigenvalue weighted by Crippen LogP contribution is -2.34. The minimum Gasteiger partial charge on any atom is -0.870 e. The van der Waals surface area contributed by atoms with Crippen LogP contribution in [0.15, 0.2) is 83.1 Å². The number of hydrazone groups is 1. The molecular formula is C25H22ClN5O3S. The summed E-state index contributed by atoms with van der Waals surface area (Å²) in [6.07, 6.45) is 0. The van der Waals surface area contributed by atoms with Crippen molar-refractivity contribution in [1.29, 1.82) is 0 Å². The molecule has 0 unspecified atom stereocenters. The molecule has 0 aliphatic rings. The number of methoxy groups -OCH3 is 1. The number of hydrogen-bond donors (Lipinski definition) is 2. The zero-order valence-electron chi connectivity index (χ0n) is 19.0. The van der Waals surface area contributed by atoms with Gasteiger partial charge < -0.3 is 9.84 Å². The number of nitrogens with one attached hydrogen (secondary N) is 2. The molecule has 4 rings (SSSR count). The van der Waals surface area contributed by atoms with Crippen LogP contribution in [-0.2, 0) is 4.79 Å². The number of carbonyl (C=O) groups is 1. The van der Waals surface area contributed by atoms with Crippen molar-refractivity contribution in [3.05, 3.63) is 83.4 Å². The summed E-state index contributed by atoms with van der Waals surface area (Å²) in [5.74, 6) is 0.576. The number of aromatic amines is 1. The number of hydrogen-bond acceptors (Lipinski definition) is 6. The average molecular weight is 508 g/mol. The van der Waals surface area contributed by atoms with Crippen molar-refractivity contribution in [3.8, 4) is 28.6 Å². The van der Waals surface area contributed by atoms with Gasteiger partial charge in [-0.3, -0.25) is 4.79 Å². The van der Waals surface area contributed by atoms with Crippen molar-refractivity contribution in [1.82, 2.24) is 15.6 Å². The van der Waals surface area contributed by atoms with Gasteiger partial charge in [-0.1, -0.05) is 47.7 Å². The molecular weight excluding hydrogens is 486 g/mol. The van der Waals surface area contributed by atoms with Gasteiger partial charge in [0.2, 0.25) is 0 Å². The minimum atomic E-state index is -0.298. The van der Waals surface area contributed by atoms with Crippen LogP contribution in [-0.4, -0.2) is 34.7 Å². The number of aromatic nitrogens is 3. The van der Waals surface area contributed by atoms with Crippen LogP contribution in [0.5, 0.6) is 11.5 Å². The maximum atomic E-state index is 12.5. The third-order valence-electron chi connectivity index (χ3n) is 5.07. The van der Waals surface area contributed by atoms with E-state index in [0.717, 1.165) is 17.1 Å². The standard InChI is InChI=1S/C25H22ClN5O3S/c1-16(18-8-13-21(32)22(14-18)34-2)27-28-23(33)15-35-25-30-29-24(17-6-4-3-5-7-17)31(25)20-11-9-19(26)10-12-20/h3-14H,15H2,1-2H3,(H2,27,28,32,33). The first-order valence-electron chi connectivity index (χ1n) is 10.6. The van der Waals surface area contributed by atoms with Crippen LogP contribution >= 0.6 is 23.4 Å². The number of halogens is 1. The molecule has 0 atom stereocenters. The molecule has 0 saturated carbocycles. The fourth-order valence-corrected chi connectivity index (χ4v) is 4.17. The van der Waals surface area contributed by atoms with Gasteiger partial charge in [-0.15, -0.1) is 5.10 Å². The maximum Gasteiger partial charge on any atom is 0.342 e. The van der Waals surface area contributed by atoms with Crippen LogP contribution in [0.1, 0.15) is 12.5 Å². The van der Waals surface area contributed by atoms with E-state index in [-0.39, 0.29) is 23.2 Å². The third-order valence-corrected chi connectivity index (χ3v) is 6.26. The molecule has 1 amide bonds. The molecule has 3 aromatic carbocycles. The van der Waals surface area contributed by atoms with Crippen molar-refractivity contribution in [2.45, 2.75) is 12.1 Å². The molecule has 0 radical (unpaired) electrons. The van der Waals surface area contributed by atoms with E-state index in [2.05, 4.69) is 20.7 Å². The van der Waals surface area contributed by atoms with E-state index in [4.69, 9.17) is 16.3 Å². The summed E-state index contributed by atoms with van der Waals surface area (Å²) in [5, 5.41) is 24.6. The van der Waals surface area contributed by atoms with E-state index in [1.807, 2.05) is 47.0 Å². The molecule has 0 saturated heterocycles. The first-order valence-corrected chi connectivity index (χ1v) is 12.0. The second-order valence-electron chi connectivity index (χ2n) is 7.42. The molecule has 0 aliphatic heterocycles. The number of ether oxygens (including phenoxy) is 1. The average Bonchev–Trinajstić information content (AvgIpc) is 3.31. The lowest BCUT2D eigenvalue weighted by molar-refractivity contribution is -0.625. The van der Waals surface area contributed by atoms with Gasteiger partial charge in [-0.2, -0.15) is 9.67 Å². The summed E-state index contributed by atoms with van der Waals surface area (Å²) < 4.78 is 7.00. The molecule has 35 heavy (non-hydrogen) atoms. The number of H-pyrrole nitrogens is 1. The lowest BCUT2D eigenvalue weighted by Gasteiger charge is -2.13. The van der Waals surface area contributed by atoms with Gasteiger partial charge in [-0.25, -0.2) is 5.43 Å². The fourth-order valence-electron chi connectivity index (χ4n) is 3.28. The zero-order chi connectivity index (χ0) is 24.8. The molecule has 1 heterocycles. The van der Waals surface area contributed by atoms with Gasteiger partial charge in [0.25, 0.3) is 11.7 Å². The summed E-state index contributed by atoms with van der Waals surface area (Å²) in [6, 6.07) is 21.8. The quantitative estimate of drug-likeness (QED) is 0.164. The van der Waals surface area contributed by atoms with Crippen molar-refractivity contribution in [3.63, 3.8) is 0 Å². The Labute approximate surface area is 211 Å². The molecule has 2 N–H and O–H groups in total. The Bertz CT molecular complexity index is 1360. The highest BCUT2D eigenvalue weighted by atomic mass is 35.5. The van der Waals surface area contributed by atoms with E-state index in [0.29, 0.717) is 21.5 Å². The molecule has 0 spiro atoms. The molecule has 1 aromatic heterocycles. The summed E-state index contributed by atoms with van der Waals surface area (Å²) in [7, 11) is 1.43. The highest BCUT2D eigenvalue weighted by Crippen LogP contribution is 2.24. The minimum absolute atomic E-state index is 0.0896. The second kappa shape index (κ2) is 11.1. The van der Waals surface area contributed by atoms with E-state index >= 15 is 0 Å². The second-order valence-corrected chi connectivity index (χ2v) is 8.80. The van der Waals surface area contributed by atoms with Crippen LogP contribution in [0.2, 0.25) is 5.02 Å². The number of carbonyl (C=O) groups excluding carboxylic acids is 1. The van der Waals surface area contributed by atoms with Crippen LogP contribution in [0.25, 0.3) is 17.1 Å². The van der Waals surface area contributed by atoms with Crippen molar-refractivity contribution < 1.29 is 19.2 Å². The van der Waals surface area contributed by atoms with Crippen molar-refractivity contribution in [2.24, 2.45) is 5.10 Å². The molecule has 8 nitrogen and oxygen atoms in total. The van der Waals surface area contributed by atoms with E-state index in [1.165, 1.54) is 24.9 Å². The highest BCUT2D eigenvalue weighted by Gasteiger charge is 2.24. The smallest absolute Gasteiger partial charge is 0.342 e. The summed E-state index contributed by atoms with van der Waals surface area (Å²) in [4.78, 5) is 12.5. The molecule has 10 heteroatoms. The topological polar surface area (TPSA) is 106 Å². The van der Waals surface area contributed by atoms with Gasteiger partial charge in [0.1, 0.15) is 11.4 Å². The van der Waals surface area contributed by atoms with Crippen molar-refractivity contribution >= 4 is 35.0 Å².